The van der Waals surface area contributed by atoms with Gasteiger partial charge in [-0.15, -0.1) is 0 Å². The maximum atomic E-state index is 11.6. The molecule has 0 bridgehead atoms. The molecule has 0 atom stereocenters. The van der Waals surface area contributed by atoms with Crippen LogP contribution in [-0.4, -0.2) is 38.2 Å². The number of nitrogen functional groups attached to an aromatic ring is 1. The molecule has 1 amide bonds. The summed E-state index contributed by atoms with van der Waals surface area (Å²) in [5.74, 6) is 0.985. The third kappa shape index (κ3) is 6.87. The molecule has 0 fully saturated rings. The molecule has 0 aromatic carbocycles. The van der Waals surface area contributed by atoms with Crippen LogP contribution in [0.4, 0.5) is 5.82 Å². The van der Waals surface area contributed by atoms with Gasteiger partial charge in [-0.25, -0.2) is 9.97 Å². The number of aliphatic hydroxyl groups is 1. The van der Waals surface area contributed by atoms with Gasteiger partial charge in [-0.05, 0) is 26.7 Å². The van der Waals surface area contributed by atoms with Crippen LogP contribution in [0.5, 0.6) is 0 Å². The van der Waals surface area contributed by atoms with Gasteiger partial charge in [0.2, 0.25) is 6.41 Å². The summed E-state index contributed by atoms with van der Waals surface area (Å²) in [7, 11) is 3.44. The van der Waals surface area contributed by atoms with E-state index in [-0.39, 0.29) is 6.61 Å². The molecule has 0 radical (unpaired) electrons. The minimum absolute atomic E-state index is 0.0473. The van der Waals surface area contributed by atoms with Crippen LogP contribution in [0.3, 0.4) is 0 Å². The second-order valence-corrected chi connectivity index (χ2v) is 8.26. The van der Waals surface area contributed by atoms with Crippen molar-refractivity contribution >= 4 is 33.8 Å². The second kappa shape index (κ2) is 11.4. The fourth-order valence-corrected chi connectivity index (χ4v) is 5.27. The highest BCUT2D eigenvalue weighted by Gasteiger charge is 2.15. The van der Waals surface area contributed by atoms with Crippen molar-refractivity contribution in [1.82, 2.24) is 14.9 Å². The molecule has 0 aliphatic rings. The second-order valence-electron chi connectivity index (χ2n) is 5.66. The quantitative estimate of drug-likeness (QED) is 0.445. The number of carbonyl (C=O) groups is 1. The number of rotatable bonds is 11. The number of nitrogens with two attached hydrogens (primary N) is 1. The van der Waals surface area contributed by atoms with E-state index in [1.807, 2.05) is 6.92 Å². The average Bonchev–Trinajstić information content (AvgIpc) is 2.60. The van der Waals surface area contributed by atoms with Crippen LogP contribution in [0.25, 0.3) is 0 Å². The first-order chi connectivity index (χ1) is 12.0. The van der Waals surface area contributed by atoms with Crippen LogP contribution in [0.15, 0.2) is 16.8 Å². The third-order valence-corrected chi connectivity index (χ3v) is 7.30. The monoisotopic (exact) mass is 384 g/mol. The summed E-state index contributed by atoms with van der Waals surface area (Å²) in [4.78, 5) is 22.5. The molecule has 3 N–H and O–H groups in total. The standard InChI is InChI=1S/C17H28N4O2S2/c1-5-15(6-2)24-25-16(7-8-22)12(3)21(11-23)10-14-9-19-13(4)20-17(14)18/h9,11,15,22H,5-8,10H2,1-4H3,(H2,18,19,20)/b16-12-. The van der Waals surface area contributed by atoms with E-state index in [4.69, 9.17) is 5.73 Å². The molecule has 0 aliphatic carbocycles. The number of aryl methyl sites for hydroxylation is 1. The van der Waals surface area contributed by atoms with Crippen molar-refractivity contribution in [2.24, 2.45) is 0 Å². The van der Waals surface area contributed by atoms with Crippen molar-refractivity contribution in [3.05, 3.63) is 28.2 Å². The highest BCUT2D eigenvalue weighted by atomic mass is 33.1. The van der Waals surface area contributed by atoms with Gasteiger partial charge in [0.15, 0.2) is 0 Å². The summed E-state index contributed by atoms with van der Waals surface area (Å²) >= 11 is 0. The summed E-state index contributed by atoms with van der Waals surface area (Å²) in [6, 6.07) is 0. The summed E-state index contributed by atoms with van der Waals surface area (Å²) in [5, 5.41) is 9.93. The van der Waals surface area contributed by atoms with Gasteiger partial charge in [0, 0.05) is 40.6 Å². The molecule has 1 heterocycles. The fourth-order valence-electron chi connectivity index (χ4n) is 2.15. The average molecular weight is 385 g/mol. The topological polar surface area (TPSA) is 92.3 Å². The predicted octanol–water partition coefficient (Wildman–Crippen LogP) is 3.51. The van der Waals surface area contributed by atoms with Gasteiger partial charge in [-0.2, -0.15) is 0 Å². The number of allylic oxidation sites excluding steroid dienone is 1. The normalized spacial score (nSPS) is 12.2. The lowest BCUT2D eigenvalue weighted by atomic mass is 10.2. The maximum absolute atomic E-state index is 11.6. The van der Waals surface area contributed by atoms with Crippen LogP contribution in [0, 0.1) is 6.92 Å². The first-order valence-corrected chi connectivity index (χ1v) is 10.6. The number of anilines is 1. The van der Waals surface area contributed by atoms with Crippen molar-refractivity contribution in [2.75, 3.05) is 12.3 Å². The highest BCUT2D eigenvalue weighted by molar-refractivity contribution is 8.78. The first-order valence-electron chi connectivity index (χ1n) is 8.40. The molecular formula is C17H28N4O2S2. The Morgan fingerprint density at radius 2 is 2.12 bits per heavy atom. The van der Waals surface area contributed by atoms with Gasteiger partial charge in [0.05, 0.1) is 6.54 Å². The lowest BCUT2D eigenvalue weighted by molar-refractivity contribution is -0.116. The molecule has 6 nitrogen and oxygen atoms in total. The van der Waals surface area contributed by atoms with Gasteiger partial charge in [0.25, 0.3) is 0 Å². The van der Waals surface area contributed by atoms with Gasteiger partial charge >= 0.3 is 0 Å². The minimum atomic E-state index is 0.0473. The molecule has 0 unspecified atom stereocenters. The van der Waals surface area contributed by atoms with E-state index < -0.39 is 0 Å². The Morgan fingerprint density at radius 3 is 2.64 bits per heavy atom. The Morgan fingerprint density at radius 1 is 1.44 bits per heavy atom. The summed E-state index contributed by atoms with van der Waals surface area (Å²) in [5.41, 5.74) is 7.47. The number of aliphatic hydroxyl groups excluding tert-OH is 1. The van der Waals surface area contributed by atoms with Crippen molar-refractivity contribution in [3.8, 4) is 0 Å². The van der Waals surface area contributed by atoms with E-state index in [0.29, 0.717) is 35.4 Å². The SMILES string of the molecule is CCC(CC)SS/C(CCO)=C(/C)N(C=O)Cc1cnc(C)nc1N. The predicted molar refractivity (Wildman–Crippen MR) is 107 cm³/mol. The van der Waals surface area contributed by atoms with E-state index in [2.05, 4.69) is 23.8 Å². The largest absolute Gasteiger partial charge is 0.396 e. The van der Waals surface area contributed by atoms with E-state index in [0.717, 1.165) is 29.9 Å². The highest BCUT2D eigenvalue weighted by Crippen LogP contribution is 2.40. The molecule has 0 saturated carbocycles. The summed E-state index contributed by atoms with van der Waals surface area (Å²) < 4.78 is 0. The Bertz CT molecular complexity index is 592. The molecule has 8 heteroatoms. The van der Waals surface area contributed by atoms with Crippen LogP contribution in [0.1, 0.15) is 51.4 Å². The van der Waals surface area contributed by atoms with Crippen molar-refractivity contribution in [2.45, 2.75) is 58.8 Å². The first kappa shape index (κ1) is 21.8. The molecule has 1 rings (SSSR count). The molecular weight excluding hydrogens is 356 g/mol. The molecule has 25 heavy (non-hydrogen) atoms. The fraction of sp³-hybridized carbons (Fsp3) is 0.588. The van der Waals surface area contributed by atoms with Crippen LogP contribution in [-0.2, 0) is 11.3 Å². The van der Waals surface area contributed by atoms with E-state index in [1.54, 1.807) is 39.6 Å². The zero-order valence-corrected chi connectivity index (χ0v) is 17.0. The van der Waals surface area contributed by atoms with Gasteiger partial charge < -0.3 is 15.7 Å². The van der Waals surface area contributed by atoms with Crippen molar-refractivity contribution < 1.29 is 9.90 Å². The summed E-state index contributed by atoms with van der Waals surface area (Å²) in [6.07, 6.45) is 5.14. The lowest BCUT2D eigenvalue weighted by Crippen LogP contribution is -2.22. The van der Waals surface area contributed by atoms with Crippen LogP contribution >= 0.6 is 21.6 Å². The van der Waals surface area contributed by atoms with Crippen molar-refractivity contribution in [3.63, 3.8) is 0 Å². The number of nitrogens with zero attached hydrogens (tertiary/aromatic N) is 3. The van der Waals surface area contributed by atoms with Gasteiger partial charge in [-0.3, -0.25) is 4.79 Å². The maximum Gasteiger partial charge on any atom is 0.214 e. The lowest BCUT2D eigenvalue weighted by Gasteiger charge is -2.22. The number of hydrogen-bond donors (Lipinski definition) is 2. The van der Waals surface area contributed by atoms with Crippen molar-refractivity contribution in [1.29, 1.82) is 0 Å². The Balaban J connectivity index is 2.97. The molecule has 0 spiro atoms. The van der Waals surface area contributed by atoms with Gasteiger partial charge in [0.1, 0.15) is 11.6 Å². The Kier molecular flexibility index (Phi) is 9.92. The zero-order valence-electron chi connectivity index (χ0n) is 15.4. The van der Waals surface area contributed by atoms with E-state index in [1.165, 1.54) is 0 Å². The zero-order chi connectivity index (χ0) is 18.8. The Labute approximate surface area is 158 Å². The number of hydrogen-bond acceptors (Lipinski definition) is 7. The van der Waals surface area contributed by atoms with Crippen LogP contribution in [0.2, 0.25) is 0 Å². The third-order valence-electron chi connectivity index (χ3n) is 3.86. The van der Waals surface area contributed by atoms with E-state index >= 15 is 0 Å². The van der Waals surface area contributed by atoms with E-state index in [9.17, 15) is 9.90 Å². The molecule has 1 aromatic rings. The number of carbonyl (C=O) groups excluding carboxylic acids is 1. The van der Waals surface area contributed by atoms with Gasteiger partial charge in [-0.1, -0.05) is 35.4 Å². The molecule has 0 aliphatic heterocycles. The van der Waals surface area contributed by atoms with Crippen LogP contribution < -0.4 is 5.73 Å². The minimum Gasteiger partial charge on any atom is -0.396 e. The smallest absolute Gasteiger partial charge is 0.214 e. The number of aromatic nitrogens is 2. The number of amides is 1. The molecule has 0 saturated heterocycles. The molecule has 140 valence electrons. The molecule has 1 aromatic heterocycles. The summed E-state index contributed by atoms with van der Waals surface area (Å²) in [6.45, 7) is 8.36. The Hall–Kier alpha value is -1.25.